The molecule has 7 nitrogen and oxygen atoms in total. The van der Waals surface area contributed by atoms with Gasteiger partial charge < -0.3 is 25.8 Å². The van der Waals surface area contributed by atoms with Gasteiger partial charge in [0.15, 0.2) is 0 Å². The highest BCUT2D eigenvalue weighted by Crippen LogP contribution is 2.43. The van der Waals surface area contributed by atoms with Crippen LogP contribution in [0.3, 0.4) is 0 Å². The van der Waals surface area contributed by atoms with Gasteiger partial charge in [0.1, 0.15) is 11.4 Å². The first-order chi connectivity index (χ1) is 16.0. The Bertz CT molecular complexity index is 1170. The van der Waals surface area contributed by atoms with Gasteiger partial charge in [-0.1, -0.05) is 0 Å². The first-order valence-corrected chi connectivity index (χ1v) is 11.4. The number of aromatic amines is 1. The smallest absolute Gasteiger partial charge is 0.357 e. The number of fused-ring (bicyclic) bond motifs is 1. The lowest BCUT2D eigenvalue weighted by molar-refractivity contribution is -0.137. The highest BCUT2D eigenvalue weighted by Gasteiger charge is 2.39. The molecular formula is C22H22BrF4N5O2. The molecule has 1 fully saturated rings. The fourth-order valence-corrected chi connectivity index (χ4v) is 4.73. The molecule has 4 rings (SSSR count). The molecule has 0 saturated carbocycles. The van der Waals surface area contributed by atoms with E-state index in [1.807, 2.05) is 0 Å². The molecule has 2 aliphatic rings. The predicted octanol–water partition coefficient (Wildman–Crippen LogP) is 4.95. The van der Waals surface area contributed by atoms with E-state index in [1.165, 1.54) is 6.92 Å². The molecule has 1 aromatic carbocycles. The van der Waals surface area contributed by atoms with Crippen molar-refractivity contribution < 1.29 is 27.2 Å². The number of urea groups is 1. The summed E-state index contributed by atoms with van der Waals surface area (Å²) in [5.41, 5.74) is -1.65. The Morgan fingerprint density at radius 1 is 1.26 bits per heavy atom. The summed E-state index contributed by atoms with van der Waals surface area (Å²) in [6.07, 6.45) is -1.64. The normalized spacial score (nSPS) is 17.2. The lowest BCUT2D eigenvalue weighted by Crippen LogP contribution is -2.36. The molecule has 3 heterocycles. The van der Waals surface area contributed by atoms with E-state index < -0.39 is 40.9 Å². The average Bonchev–Trinajstić information content (AvgIpc) is 3.42. The Balaban J connectivity index is 1.62. The van der Waals surface area contributed by atoms with Gasteiger partial charge in [-0.25, -0.2) is 9.18 Å². The van der Waals surface area contributed by atoms with E-state index in [4.69, 9.17) is 0 Å². The molecule has 2 aromatic rings. The Morgan fingerprint density at radius 2 is 1.97 bits per heavy atom. The number of carbonyl (C=O) groups excluding carboxylic acids is 2. The number of halogens is 5. The zero-order valence-corrected chi connectivity index (χ0v) is 19.7. The summed E-state index contributed by atoms with van der Waals surface area (Å²) in [7, 11) is 0. The minimum atomic E-state index is -4.84. The standard InChI is InChI=1S/C22H22BrF4N5O2/c1-11-18(31-21(34)28-4-7-32-5-2-3-6-32)17(22(25,26)27)16(29-11)10-14-13-8-12(24)9-15(23)19(13)30-20(14)33/h8-10,29H,2-7H2,1H3,(H,30,33)(H2,28,31,34)/b14-10-. The van der Waals surface area contributed by atoms with Gasteiger partial charge in [-0.05, 0) is 67.0 Å². The highest BCUT2D eigenvalue weighted by atomic mass is 79.9. The molecule has 0 radical (unpaired) electrons. The zero-order valence-electron chi connectivity index (χ0n) is 18.1. The molecule has 182 valence electrons. The third-order valence-electron chi connectivity index (χ3n) is 5.77. The fraction of sp³-hybridized carbons (Fsp3) is 0.364. The number of aromatic nitrogens is 1. The van der Waals surface area contributed by atoms with Crippen molar-refractivity contribution in [3.63, 3.8) is 0 Å². The van der Waals surface area contributed by atoms with Gasteiger partial charge in [0.2, 0.25) is 0 Å². The number of benzene rings is 1. The van der Waals surface area contributed by atoms with E-state index >= 15 is 0 Å². The van der Waals surface area contributed by atoms with Crippen LogP contribution in [0, 0.1) is 12.7 Å². The van der Waals surface area contributed by atoms with Crippen LogP contribution in [0.2, 0.25) is 0 Å². The number of anilines is 2. The molecule has 0 atom stereocenters. The van der Waals surface area contributed by atoms with E-state index in [-0.39, 0.29) is 27.0 Å². The van der Waals surface area contributed by atoms with Crippen molar-refractivity contribution >= 4 is 50.9 Å². The van der Waals surface area contributed by atoms with Crippen LogP contribution in [0.1, 0.15) is 35.4 Å². The lowest BCUT2D eigenvalue weighted by atomic mass is 10.0. The maximum Gasteiger partial charge on any atom is 0.420 e. The number of nitrogens with one attached hydrogen (secondary N) is 4. The number of amides is 3. The van der Waals surface area contributed by atoms with Crippen LogP contribution in [0.15, 0.2) is 16.6 Å². The Morgan fingerprint density at radius 3 is 2.65 bits per heavy atom. The van der Waals surface area contributed by atoms with E-state index in [0.717, 1.165) is 44.1 Å². The zero-order chi connectivity index (χ0) is 24.6. The minimum Gasteiger partial charge on any atom is -0.357 e. The molecule has 1 saturated heterocycles. The molecule has 0 bridgehead atoms. The number of hydrogen-bond acceptors (Lipinski definition) is 3. The topological polar surface area (TPSA) is 89.3 Å². The monoisotopic (exact) mass is 543 g/mol. The number of carbonyl (C=O) groups is 2. The molecule has 0 spiro atoms. The number of rotatable bonds is 5. The van der Waals surface area contributed by atoms with Gasteiger partial charge >= 0.3 is 12.2 Å². The number of H-pyrrole nitrogens is 1. The molecule has 0 aliphatic carbocycles. The number of likely N-dealkylation sites (tertiary alicyclic amines) is 1. The van der Waals surface area contributed by atoms with Gasteiger partial charge in [0.25, 0.3) is 5.91 Å². The molecule has 4 N–H and O–H groups in total. The summed E-state index contributed by atoms with van der Waals surface area (Å²) in [6, 6.07) is 1.45. The van der Waals surface area contributed by atoms with Gasteiger partial charge in [-0.2, -0.15) is 13.2 Å². The summed E-state index contributed by atoms with van der Waals surface area (Å²) in [5, 5.41) is 7.39. The maximum atomic E-state index is 14.0. The number of alkyl halides is 3. The Kier molecular flexibility index (Phi) is 6.72. The first-order valence-electron chi connectivity index (χ1n) is 10.6. The fourth-order valence-electron chi connectivity index (χ4n) is 4.20. The molecule has 1 aromatic heterocycles. The maximum absolute atomic E-state index is 14.0. The number of hydrogen-bond donors (Lipinski definition) is 4. The van der Waals surface area contributed by atoms with Crippen LogP contribution in [-0.2, 0) is 11.0 Å². The van der Waals surface area contributed by atoms with Crippen LogP contribution >= 0.6 is 15.9 Å². The largest absolute Gasteiger partial charge is 0.420 e. The summed E-state index contributed by atoms with van der Waals surface area (Å²) in [6.45, 7) is 4.17. The van der Waals surface area contributed by atoms with Crippen molar-refractivity contribution in [2.45, 2.75) is 25.9 Å². The lowest BCUT2D eigenvalue weighted by Gasteiger charge is -2.16. The van der Waals surface area contributed by atoms with Gasteiger partial charge in [-0.3, -0.25) is 4.79 Å². The first kappa shape index (κ1) is 24.3. The van der Waals surface area contributed by atoms with Gasteiger partial charge in [0, 0.05) is 28.8 Å². The van der Waals surface area contributed by atoms with E-state index in [2.05, 4.69) is 41.8 Å². The molecule has 12 heteroatoms. The third kappa shape index (κ3) is 4.97. The predicted molar refractivity (Wildman–Crippen MR) is 124 cm³/mol. The van der Waals surface area contributed by atoms with E-state index in [0.29, 0.717) is 13.1 Å². The van der Waals surface area contributed by atoms with Gasteiger partial charge in [0.05, 0.1) is 22.6 Å². The van der Waals surface area contributed by atoms with Crippen LogP contribution in [-0.4, -0.2) is 48.0 Å². The van der Waals surface area contributed by atoms with Gasteiger partial charge in [-0.15, -0.1) is 0 Å². The van der Waals surface area contributed by atoms with Crippen LogP contribution in [0.25, 0.3) is 11.6 Å². The number of aryl methyl sites for hydroxylation is 1. The summed E-state index contributed by atoms with van der Waals surface area (Å²) in [5.74, 6) is -1.32. The van der Waals surface area contributed by atoms with Crippen molar-refractivity contribution in [2.24, 2.45) is 0 Å². The van der Waals surface area contributed by atoms with E-state index in [9.17, 15) is 27.2 Å². The summed E-state index contributed by atoms with van der Waals surface area (Å²) < 4.78 is 56.3. The Hall–Kier alpha value is -2.86. The summed E-state index contributed by atoms with van der Waals surface area (Å²) in [4.78, 5) is 29.5. The van der Waals surface area contributed by atoms with Crippen molar-refractivity contribution in [3.05, 3.63) is 44.9 Å². The molecule has 0 unspecified atom stereocenters. The second-order valence-electron chi connectivity index (χ2n) is 8.16. The van der Waals surface area contributed by atoms with Crippen molar-refractivity contribution in [1.29, 1.82) is 0 Å². The second kappa shape index (κ2) is 9.41. The summed E-state index contributed by atoms with van der Waals surface area (Å²) >= 11 is 3.14. The quantitative estimate of drug-likeness (QED) is 0.317. The van der Waals surface area contributed by atoms with Crippen molar-refractivity contribution in [3.8, 4) is 0 Å². The second-order valence-corrected chi connectivity index (χ2v) is 9.02. The van der Waals surface area contributed by atoms with E-state index in [1.54, 1.807) is 0 Å². The number of nitrogens with zero attached hydrogens (tertiary/aromatic N) is 1. The highest BCUT2D eigenvalue weighted by molar-refractivity contribution is 9.10. The van der Waals surface area contributed by atoms with Crippen LogP contribution in [0.4, 0.5) is 33.7 Å². The van der Waals surface area contributed by atoms with Crippen molar-refractivity contribution in [1.82, 2.24) is 15.2 Å². The van der Waals surface area contributed by atoms with Crippen molar-refractivity contribution in [2.75, 3.05) is 36.8 Å². The molecule has 2 aliphatic heterocycles. The molecule has 3 amide bonds. The van der Waals surface area contributed by atoms with Crippen LogP contribution in [0.5, 0.6) is 0 Å². The average molecular weight is 544 g/mol. The Labute approximate surface area is 201 Å². The third-order valence-corrected chi connectivity index (χ3v) is 6.39. The minimum absolute atomic E-state index is 0.0629. The van der Waals surface area contributed by atoms with Crippen LogP contribution < -0.4 is 16.0 Å². The molecular weight excluding hydrogens is 522 g/mol. The molecule has 34 heavy (non-hydrogen) atoms. The SMILES string of the molecule is Cc1[nH]c(/C=C2\C(=O)Nc3c(Br)cc(F)cc32)c(C(F)(F)F)c1NC(=O)NCCN1CCCC1.